The molecular formula is C14H23NO3. The number of hydrogen-bond donors (Lipinski definition) is 2. The summed E-state index contributed by atoms with van der Waals surface area (Å²) < 4.78 is 0. The van der Waals surface area contributed by atoms with Crippen LogP contribution in [-0.4, -0.2) is 23.0 Å². The second-order valence-corrected chi connectivity index (χ2v) is 5.14. The average molecular weight is 253 g/mol. The quantitative estimate of drug-likeness (QED) is 0.682. The summed E-state index contributed by atoms with van der Waals surface area (Å²) in [5.74, 6) is 1.18. The van der Waals surface area contributed by atoms with E-state index in [4.69, 9.17) is 6.42 Å². The van der Waals surface area contributed by atoms with Gasteiger partial charge in [0.1, 0.15) is 0 Å². The van der Waals surface area contributed by atoms with Crippen LogP contribution in [-0.2, 0) is 9.59 Å². The van der Waals surface area contributed by atoms with Crippen molar-refractivity contribution in [2.75, 3.05) is 0 Å². The monoisotopic (exact) mass is 253 g/mol. The maximum Gasteiger partial charge on any atom is 0.310 e. The highest BCUT2D eigenvalue weighted by Crippen LogP contribution is 2.31. The molecule has 0 fully saturated rings. The third-order valence-electron chi connectivity index (χ3n) is 3.51. The highest BCUT2D eigenvalue weighted by molar-refractivity contribution is 5.85. The average Bonchev–Trinajstić information content (AvgIpc) is 2.27. The first-order valence-electron chi connectivity index (χ1n) is 6.24. The number of carboxylic acid groups (broad SMARTS) is 1. The number of aliphatic carboxylic acids is 1. The Balaban J connectivity index is 4.63. The number of rotatable bonds is 7. The van der Waals surface area contributed by atoms with Crippen LogP contribution in [0.1, 0.15) is 47.0 Å². The standard InChI is InChI=1S/C14H23NO3/c1-6-8-11(7-2)15-12(16)9-14(5,10(3)4)13(17)18/h1,10-11H,7-9H2,2-5H3,(H,15,16)(H,17,18). The van der Waals surface area contributed by atoms with E-state index in [9.17, 15) is 14.7 Å². The molecule has 0 saturated carbocycles. The van der Waals surface area contributed by atoms with Crippen LogP contribution in [0.5, 0.6) is 0 Å². The second-order valence-electron chi connectivity index (χ2n) is 5.14. The largest absolute Gasteiger partial charge is 0.481 e. The van der Waals surface area contributed by atoms with Crippen LogP contribution in [0.15, 0.2) is 0 Å². The number of terminal acetylenes is 1. The van der Waals surface area contributed by atoms with Crippen molar-refractivity contribution in [2.24, 2.45) is 11.3 Å². The second kappa shape index (κ2) is 7.05. The van der Waals surface area contributed by atoms with Gasteiger partial charge in [0.2, 0.25) is 5.91 Å². The van der Waals surface area contributed by atoms with Crippen molar-refractivity contribution in [3.63, 3.8) is 0 Å². The van der Waals surface area contributed by atoms with Crippen LogP contribution in [0, 0.1) is 23.7 Å². The molecule has 0 saturated heterocycles. The molecule has 4 heteroatoms. The normalized spacial score (nSPS) is 15.6. The number of carboxylic acids is 1. The van der Waals surface area contributed by atoms with E-state index in [1.807, 2.05) is 6.92 Å². The Bertz CT molecular complexity index is 343. The van der Waals surface area contributed by atoms with Gasteiger partial charge < -0.3 is 10.4 Å². The van der Waals surface area contributed by atoms with E-state index < -0.39 is 11.4 Å². The van der Waals surface area contributed by atoms with Crippen LogP contribution >= 0.6 is 0 Å². The van der Waals surface area contributed by atoms with Crippen molar-refractivity contribution in [3.05, 3.63) is 0 Å². The van der Waals surface area contributed by atoms with Crippen LogP contribution in [0.4, 0.5) is 0 Å². The van der Waals surface area contributed by atoms with E-state index in [0.29, 0.717) is 6.42 Å². The first-order chi connectivity index (χ1) is 8.27. The topological polar surface area (TPSA) is 66.4 Å². The summed E-state index contributed by atoms with van der Waals surface area (Å²) in [5, 5.41) is 12.0. The van der Waals surface area contributed by atoms with E-state index in [-0.39, 0.29) is 24.3 Å². The van der Waals surface area contributed by atoms with Gasteiger partial charge in [-0.3, -0.25) is 9.59 Å². The molecule has 0 aliphatic heterocycles. The maximum atomic E-state index is 11.9. The summed E-state index contributed by atoms with van der Waals surface area (Å²) in [7, 11) is 0. The molecule has 0 rings (SSSR count). The zero-order chi connectivity index (χ0) is 14.3. The van der Waals surface area contributed by atoms with E-state index in [1.54, 1.807) is 20.8 Å². The Morgan fingerprint density at radius 2 is 2.00 bits per heavy atom. The number of carbonyl (C=O) groups excluding carboxylic acids is 1. The van der Waals surface area contributed by atoms with Gasteiger partial charge in [-0.25, -0.2) is 0 Å². The number of nitrogens with one attached hydrogen (secondary N) is 1. The molecule has 0 aromatic carbocycles. The molecule has 0 spiro atoms. The fourth-order valence-corrected chi connectivity index (χ4v) is 1.58. The van der Waals surface area contributed by atoms with Gasteiger partial charge in [-0.05, 0) is 19.3 Å². The molecule has 0 aromatic heterocycles. The summed E-state index contributed by atoms with van der Waals surface area (Å²) in [5.41, 5.74) is -1.04. The van der Waals surface area contributed by atoms with Gasteiger partial charge in [0, 0.05) is 18.9 Å². The van der Waals surface area contributed by atoms with E-state index in [2.05, 4.69) is 11.2 Å². The molecule has 0 aliphatic rings. The molecule has 1 amide bonds. The first kappa shape index (κ1) is 16.5. The Kier molecular flexibility index (Phi) is 6.46. The van der Waals surface area contributed by atoms with Gasteiger partial charge in [-0.2, -0.15) is 0 Å². The lowest BCUT2D eigenvalue weighted by Crippen LogP contribution is -2.42. The predicted octanol–water partition coefficient (Wildman–Crippen LogP) is 2.04. The summed E-state index contributed by atoms with van der Waals surface area (Å²) in [6, 6.07) is -0.0762. The summed E-state index contributed by atoms with van der Waals surface area (Å²) >= 11 is 0. The van der Waals surface area contributed by atoms with Crippen molar-refractivity contribution in [1.82, 2.24) is 5.32 Å². The third kappa shape index (κ3) is 4.40. The molecule has 18 heavy (non-hydrogen) atoms. The molecule has 4 nitrogen and oxygen atoms in total. The van der Waals surface area contributed by atoms with E-state index in [1.165, 1.54) is 0 Å². The fourth-order valence-electron chi connectivity index (χ4n) is 1.58. The third-order valence-corrected chi connectivity index (χ3v) is 3.51. The smallest absolute Gasteiger partial charge is 0.310 e. The van der Waals surface area contributed by atoms with Gasteiger partial charge >= 0.3 is 5.97 Å². The van der Waals surface area contributed by atoms with Crippen LogP contribution in [0.3, 0.4) is 0 Å². The zero-order valence-corrected chi connectivity index (χ0v) is 11.6. The Labute approximate surface area is 109 Å². The molecule has 0 heterocycles. The zero-order valence-electron chi connectivity index (χ0n) is 11.6. The van der Waals surface area contributed by atoms with E-state index >= 15 is 0 Å². The van der Waals surface area contributed by atoms with Gasteiger partial charge in [0.15, 0.2) is 0 Å². The molecule has 0 bridgehead atoms. The lowest BCUT2D eigenvalue weighted by atomic mass is 9.76. The minimum absolute atomic E-state index is 0.0267. The molecule has 2 atom stereocenters. The first-order valence-corrected chi connectivity index (χ1v) is 6.24. The Morgan fingerprint density at radius 1 is 1.44 bits per heavy atom. The number of amides is 1. The molecule has 0 radical (unpaired) electrons. The van der Waals surface area contributed by atoms with Crippen molar-refractivity contribution >= 4 is 11.9 Å². The highest BCUT2D eigenvalue weighted by atomic mass is 16.4. The van der Waals surface area contributed by atoms with Crippen molar-refractivity contribution in [1.29, 1.82) is 0 Å². The van der Waals surface area contributed by atoms with Crippen molar-refractivity contribution in [2.45, 2.75) is 53.0 Å². The van der Waals surface area contributed by atoms with Crippen LogP contribution in [0.25, 0.3) is 0 Å². The van der Waals surface area contributed by atoms with E-state index in [0.717, 1.165) is 6.42 Å². The number of carbonyl (C=O) groups is 2. The molecule has 0 aromatic rings. The molecular weight excluding hydrogens is 230 g/mol. The summed E-state index contributed by atoms with van der Waals surface area (Å²) in [6.45, 7) is 7.14. The highest BCUT2D eigenvalue weighted by Gasteiger charge is 2.38. The molecule has 2 N–H and O–H groups in total. The Hall–Kier alpha value is -1.50. The van der Waals surface area contributed by atoms with Gasteiger partial charge in [-0.15, -0.1) is 12.3 Å². The maximum absolute atomic E-state index is 11.9. The van der Waals surface area contributed by atoms with Gasteiger partial charge in [-0.1, -0.05) is 20.8 Å². The van der Waals surface area contributed by atoms with Crippen molar-refractivity contribution < 1.29 is 14.7 Å². The minimum Gasteiger partial charge on any atom is -0.481 e. The number of hydrogen-bond acceptors (Lipinski definition) is 2. The fraction of sp³-hybridized carbons (Fsp3) is 0.714. The lowest BCUT2D eigenvalue weighted by molar-refractivity contribution is -0.153. The van der Waals surface area contributed by atoms with Crippen LogP contribution in [0.2, 0.25) is 0 Å². The van der Waals surface area contributed by atoms with Crippen LogP contribution < -0.4 is 5.32 Å². The predicted molar refractivity (Wildman–Crippen MR) is 70.9 cm³/mol. The van der Waals surface area contributed by atoms with Crippen molar-refractivity contribution in [3.8, 4) is 12.3 Å². The van der Waals surface area contributed by atoms with Gasteiger partial charge in [0.05, 0.1) is 5.41 Å². The minimum atomic E-state index is -1.04. The lowest BCUT2D eigenvalue weighted by Gasteiger charge is -2.29. The van der Waals surface area contributed by atoms with Gasteiger partial charge in [0.25, 0.3) is 0 Å². The summed E-state index contributed by atoms with van der Waals surface area (Å²) in [6.07, 6.45) is 6.39. The summed E-state index contributed by atoms with van der Waals surface area (Å²) in [4.78, 5) is 23.1. The molecule has 0 aliphatic carbocycles. The molecule has 102 valence electrons. The molecule has 2 unspecified atom stereocenters. The SMILES string of the molecule is C#CCC(CC)NC(=O)CC(C)(C(=O)O)C(C)C. The Morgan fingerprint density at radius 3 is 2.33 bits per heavy atom.